The number of hydrogen-bond acceptors (Lipinski definition) is 4. The van der Waals surface area contributed by atoms with Crippen LogP contribution < -0.4 is 5.73 Å². The van der Waals surface area contributed by atoms with Gasteiger partial charge in [0.15, 0.2) is 0 Å². The molecule has 2 N–H and O–H groups in total. The minimum Gasteiger partial charge on any atom is -0.388 e. The van der Waals surface area contributed by atoms with E-state index in [1.54, 1.807) is 6.07 Å². The fourth-order valence-electron chi connectivity index (χ4n) is 2.15. The van der Waals surface area contributed by atoms with E-state index in [0.717, 1.165) is 12.8 Å². The topological polar surface area (TPSA) is 76.3 Å². The number of hydrogen-bond donors (Lipinski definition) is 1. The van der Waals surface area contributed by atoms with Crippen LogP contribution in [0, 0.1) is 5.92 Å². The van der Waals surface area contributed by atoms with Gasteiger partial charge in [-0.1, -0.05) is 19.1 Å². The summed E-state index contributed by atoms with van der Waals surface area (Å²) in [6.45, 7) is 3.21. The summed E-state index contributed by atoms with van der Waals surface area (Å²) in [6.07, 6.45) is 3.25. The monoisotopic (exact) mass is 299 g/mol. The molecule has 0 amide bonds. The second kappa shape index (κ2) is 5.52. The smallest absolute Gasteiger partial charge is 0.245 e. The van der Waals surface area contributed by atoms with E-state index in [4.69, 9.17) is 18.0 Å². The van der Waals surface area contributed by atoms with Crippen LogP contribution in [0.25, 0.3) is 0 Å². The van der Waals surface area contributed by atoms with Crippen molar-refractivity contribution in [3.05, 3.63) is 24.0 Å². The van der Waals surface area contributed by atoms with Crippen molar-refractivity contribution >= 4 is 27.2 Å². The van der Waals surface area contributed by atoms with Gasteiger partial charge in [0.1, 0.15) is 15.6 Å². The second-order valence-electron chi connectivity index (χ2n) is 4.80. The third-order valence-corrected chi connectivity index (χ3v) is 5.49. The van der Waals surface area contributed by atoms with Crippen LogP contribution in [-0.4, -0.2) is 35.8 Å². The highest BCUT2D eigenvalue weighted by molar-refractivity contribution is 7.89. The molecule has 0 aliphatic carbocycles. The molecule has 5 nitrogen and oxygen atoms in total. The molecule has 1 aliphatic heterocycles. The van der Waals surface area contributed by atoms with Gasteiger partial charge >= 0.3 is 0 Å². The summed E-state index contributed by atoms with van der Waals surface area (Å²) in [5.41, 5.74) is 5.73. The first-order valence-corrected chi connectivity index (χ1v) is 8.02. The summed E-state index contributed by atoms with van der Waals surface area (Å²) in [4.78, 5) is 4.09. The van der Waals surface area contributed by atoms with Crippen molar-refractivity contribution in [3.8, 4) is 0 Å². The Balaban J connectivity index is 2.37. The van der Waals surface area contributed by atoms with Gasteiger partial charge in [-0.3, -0.25) is 4.98 Å². The van der Waals surface area contributed by atoms with Crippen molar-refractivity contribution in [1.82, 2.24) is 9.29 Å². The van der Waals surface area contributed by atoms with Crippen molar-refractivity contribution in [3.63, 3.8) is 0 Å². The molecule has 1 aliphatic rings. The number of piperidine rings is 1. The molecule has 104 valence electrons. The number of rotatable bonds is 3. The van der Waals surface area contributed by atoms with Gasteiger partial charge < -0.3 is 5.73 Å². The highest BCUT2D eigenvalue weighted by Gasteiger charge is 2.30. The zero-order chi connectivity index (χ0) is 14.0. The third-order valence-electron chi connectivity index (χ3n) is 3.36. The first-order valence-electron chi connectivity index (χ1n) is 6.18. The third kappa shape index (κ3) is 2.93. The zero-order valence-electron chi connectivity index (χ0n) is 10.7. The Bertz CT molecular complexity index is 578. The summed E-state index contributed by atoms with van der Waals surface area (Å²) in [6, 6.07) is 3.09. The summed E-state index contributed by atoms with van der Waals surface area (Å²) >= 11 is 4.87. The van der Waals surface area contributed by atoms with E-state index >= 15 is 0 Å². The summed E-state index contributed by atoms with van der Waals surface area (Å²) < 4.78 is 26.7. The Morgan fingerprint density at radius 3 is 2.68 bits per heavy atom. The van der Waals surface area contributed by atoms with E-state index in [-0.39, 0.29) is 15.6 Å². The van der Waals surface area contributed by atoms with Crippen LogP contribution in [0.1, 0.15) is 25.5 Å². The van der Waals surface area contributed by atoms with Crippen molar-refractivity contribution in [1.29, 1.82) is 0 Å². The number of nitrogens with two attached hydrogens (primary N) is 1. The first-order chi connectivity index (χ1) is 8.93. The molecule has 1 aromatic rings. The molecule has 1 aromatic heterocycles. The predicted molar refractivity (Wildman–Crippen MR) is 77.3 cm³/mol. The molecule has 0 unspecified atom stereocenters. The van der Waals surface area contributed by atoms with Crippen molar-refractivity contribution in [2.45, 2.75) is 24.7 Å². The van der Waals surface area contributed by atoms with Gasteiger partial charge in [-0.05, 0) is 30.9 Å². The lowest BCUT2D eigenvalue weighted by Gasteiger charge is -2.29. The van der Waals surface area contributed by atoms with Gasteiger partial charge in [0.2, 0.25) is 10.0 Å². The largest absolute Gasteiger partial charge is 0.388 e. The number of thiocarbonyl (C=S) groups is 1. The minimum absolute atomic E-state index is 0.00422. The Morgan fingerprint density at radius 2 is 2.11 bits per heavy atom. The van der Waals surface area contributed by atoms with Gasteiger partial charge in [0.05, 0.1) is 0 Å². The summed E-state index contributed by atoms with van der Waals surface area (Å²) in [7, 11) is -3.56. The second-order valence-corrected chi connectivity index (χ2v) is 7.15. The molecule has 0 atom stereocenters. The number of nitrogens with zero attached hydrogens (tertiary/aromatic N) is 2. The lowest BCUT2D eigenvalue weighted by Crippen LogP contribution is -2.38. The Labute approximate surface area is 118 Å². The maximum atomic E-state index is 12.6. The van der Waals surface area contributed by atoms with Gasteiger partial charge in [-0.2, -0.15) is 4.31 Å². The Kier molecular flexibility index (Phi) is 4.17. The number of pyridine rings is 1. The molecule has 1 fully saturated rings. The van der Waals surface area contributed by atoms with E-state index in [1.807, 2.05) is 0 Å². The standard InChI is InChI=1S/C12H17N3O2S2/c1-9-4-7-15(8-5-9)19(16,17)10-3-2-6-14-11(10)12(13)18/h2-3,6,9H,4-5,7-8H2,1H3,(H2,13,18). The van der Waals surface area contributed by atoms with E-state index in [1.165, 1.54) is 16.6 Å². The molecule has 1 saturated heterocycles. The van der Waals surface area contributed by atoms with Crippen molar-refractivity contribution < 1.29 is 8.42 Å². The van der Waals surface area contributed by atoms with Crippen LogP contribution in [0.3, 0.4) is 0 Å². The maximum absolute atomic E-state index is 12.6. The van der Waals surface area contributed by atoms with Gasteiger partial charge in [-0.15, -0.1) is 0 Å². The van der Waals surface area contributed by atoms with E-state index < -0.39 is 10.0 Å². The average Bonchev–Trinajstić information content (AvgIpc) is 2.39. The number of sulfonamides is 1. The molecule has 0 bridgehead atoms. The molecule has 0 saturated carbocycles. The summed E-state index contributed by atoms with van der Waals surface area (Å²) in [5, 5.41) is 0. The maximum Gasteiger partial charge on any atom is 0.245 e. The SMILES string of the molecule is CC1CCN(S(=O)(=O)c2cccnc2C(N)=S)CC1. The van der Waals surface area contributed by atoms with Gasteiger partial charge in [-0.25, -0.2) is 8.42 Å². The predicted octanol–water partition coefficient (Wildman–Crippen LogP) is 1.14. The molecular weight excluding hydrogens is 282 g/mol. The van der Waals surface area contributed by atoms with Crippen LogP contribution in [0.5, 0.6) is 0 Å². The van der Waals surface area contributed by atoms with Gasteiger partial charge in [0.25, 0.3) is 0 Å². The molecule has 7 heteroatoms. The molecule has 19 heavy (non-hydrogen) atoms. The van der Waals surface area contributed by atoms with E-state index in [2.05, 4.69) is 11.9 Å². The average molecular weight is 299 g/mol. The first kappa shape index (κ1) is 14.4. The molecular formula is C12H17N3O2S2. The van der Waals surface area contributed by atoms with Crippen LogP contribution in [0.2, 0.25) is 0 Å². The van der Waals surface area contributed by atoms with Crippen LogP contribution in [0.15, 0.2) is 23.2 Å². The van der Waals surface area contributed by atoms with E-state index in [0.29, 0.717) is 19.0 Å². The Morgan fingerprint density at radius 1 is 1.47 bits per heavy atom. The van der Waals surface area contributed by atoms with Crippen LogP contribution in [0.4, 0.5) is 0 Å². The highest BCUT2D eigenvalue weighted by Crippen LogP contribution is 2.24. The van der Waals surface area contributed by atoms with Crippen LogP contribution >= 0.6 is 12.2 Å². The lowest BCUT2D eigenvalue weighted by atomic mass is 10.0. The molecule has 2 heterocycles. The molecule has 0 radical (unpaired) electrons. The minimum atomic E-state index is -3.56. The quantitative estimate of drug-likeness (QED) is 0.847. The Hall–Kier alpha value is -1.05. The van der Waals surface area contributed by atoms with Gasteiger partial charge in [0, 0.05) is 19.3 Å². The van der Waals surface area contributed by atoms with Crippen LogP contribution in [-0.2, 0) is 10.0 Å². The normalized spacial score (nSPS) is 18.4. The van der Waals surface area contributed by atoms with E-state index in [9.17, 15) is 8.42 Å². The van der Waals surface area contributed by atoms with Crippen molar-refractivity contribution in [2.75, 3.05) is 13.1 Å². The molecule has 0 spiro atoms. The van der Waals surface area contributed by atoms with Crippen molar-refractivity contribution in [2.24, 2.45) is 11.7 Å². The summed E-state index contributed by atoms with van der Waals surface area (Å²) in [5.74, 6) is 0.565. The fourth-order valence-corrected chi connectivity index (χ4v) is 4.00. The lowest BCUT2D eigenvalue weighted by molar-refractivity contribution is 0.288. The molecule has 0 aromatic carbocycles. The number of aromatic nitrogens is 1. The zero-order valence-corrected chi connectivity index (χ0v) is 12.4. The fraction of sp³-hybridized carbons (Fsp3) is 0.500. The highest BCUT2D eigenvalue weighted by atomic mass is 32.2. The molecule has 2 rings (SSSR count).